The lowest BCUT2D eigenvalue weighted by atomic mass is 10.0. The van der Waals surface area contributed by atoms with E-state index in [-0.39, 0.29) is 0 Å². The third-order valence-electron chi connectivity index (χ3n) is 3.88. The molecule has 0 atom stereocenters. The van der Waals surface area contributed by atoms with Crippen molar-refractivity contribution in [2.45, 2.75) is 19.9 Å². The largest absolute Gasteiger partial charge is 0.344 e. The van der Waals surface area contributed by atoms with Crippen molar-refractivity contribution >= 4 is 10.9 Å². The van der Waals surface area contributed by atoms with Crippen LogP contribution in [0, 0.1) is 6.92 Å². The number of nitrogens with zero attached hydrogens (tertiary/aromatic N) is 1. The van der Waals surface area contributed by atoms with Crippen molar-refractivity contribution in [1.29, 1.82) is 0 Å². The van der Waals surface area contributed by atoms with Crippen molar-refractivity contribution in [3.8, 4) is 11.1 Å². The van der Waals surface area contributed by atoms with E-state index in [9.17, 15) is 0 Å². The summed E-state index contributed by atoms with van der Waals surface area (Å²) in [5.41, 5.74) is 10.9. The number of benzene rings is 2. The molecular formula is C18H20N2. The summed E-state index contributed by atoms with van der Waals surface area (Å²) in [7, 11) is 0. The molecule has 0 amide bonds. The number of nitrogens with two attached hydrogens (primary N) is 1. The van der Waals surface area contributed by atoms with Gasteiger partial charge in [-0.1, -0.05) is 48.5 Å². The molecule has 1 heterocycles. The van der Waals surface area contributed by atoms with Crippen LogP contribution in [-0.4, -0.2) is 11.1 Å². The Morgan fingerprint density at radius 1 is 0.950 bits per heavy atom. The van der Waals surface area contributed by atoms with Crippen molar-refractivity contribution in [2.24, 2.45) is 5.73 Å². The van der Waals surface area contributed by atoms with Crippen LogP contribution in [0.25, 0.3) is 22.0 Å². The second-order valence-electron chi connectivity index (χ2n) is 5.14. The molecule has 0 aliphatic heterocycles. The monoisotopic (exact) mass is 264 g/mol. The summed E-state index contributed by atoms with van der Waals surface area (Å²) in [4.78, 5) is 0. The number of hydrogen-bond donors (Lipinski definition) is 1. The van der Waals surface area contributed by atoms with E-state index in [4.69, 9.17) is 5.73 Å². The maximum absolute atomic E-state index is 5.68. The number of aryl methyl sites for hydroxylation is 1. The first-order valence-electron chi connectivity index (χ1n) is 7.16. The highest BCUT2D eigenvalue weighted by molar-refractivity contribution is 5.98. The molecule has 2 nitrogen and oxygen atoms in total. The zero-order valence-electron chi connectivity index (χ0n) is 11.8. The van der Waals surface area contributed by atoms with E-state index < -0.39 is 0 Å². The molecule has 3 rings (SSSR count). The van der Waals surface area contributed by atoms with Crippen molar-refractivity contribution in [3.63, 3.8) is 0 Å². The molecule has 2 aromatic carbocycles. The lowest BCUT2D eigenvalue weighted by Crippen LogP contribution is -2.06. The minimum atomic E-state index is 0.729. The van der Waals surface area contributed by atoms with E-state index in [2.05, 4.69) is 66.1 Å². The zero-order chi connectivity index (χ0) is 13.9. The lowest BCUT2D eigenvalue weighted by molar-refractivity contribution is 0.657. The molecule has 0 spiro atoms. The molecule has 20 heavy (non-hydrogen) atoms. The highest BCUT2D eigenvalue weighted by atomic mass is 15.0. The summed E-state index contributed by atoms with van der Waals surface area (Å²) < 4.78 is 2.39. The van der Waals surface area contributed by atoms with E-state index in [1.807, 2.05) is 0 Å². The van der Waals surface area contributed by atoms with Gasteiger partial charge in [0.05, 0.1) is 0 Å². The van der Waals surface area contributed by atoms with Crippen molar-refractivity contribution < 1.29 is 0 Å². The average molecular weight is 264 g/mol. The van der Waals surface area contributed by atoms with Crippen LogP contribution in [0.1, 0.15) is 12.1 Å². The Morgan fingerprint density at radius 2 is 1.65 bits per heavy atom. The van der Waals surface area contributed by atoms with Crippen LogP contribution in [0.15, 0.2) is 54.6 Å². The van der Waals surface area contributed by atoms with Crippen LogP contribution in [-0.2, 0) is 6.54 Å². The van der Waals surface area contributed by atoms with Gasteiger partial charge in [0.25, 0.3) is 0 Å². The SMILES string of the molecule is Cc1c(-c2ccccc2)c2ccccc2n1CCCN. The first-order valence-corrected chi connectivity index (χ1v) is 7.16. The summed E-state index contributed by atoms with van der Waals surface area (Å²) in [5.74, 6) is 0. The summed E-state index contributed by atoms with van der Waals surface area (Å²) in [6.07, 6.45) is 1.01. The van der Waals surface area contributed by atoms with Gasteiger partial charge < -0.3 is 10.3 Å². The van der Waals surface area contributed by atoms with E-state index in [0.717, 1.165) is 19.5 Å². The topological polar surface area (TPSA) is 30.9 Å². The Labute approximate surface area is 119 Å². The highest BCUT2D eigenvalue weighted by Crippen LogP contribution is 2.34. The van der Waals surface area contributed by atoms with Crippen LogP contribution in [0.2, 0.25) is 0 Å². The number of fused-ring (bicyclic) bond motifs is 1. The fraction of sp³-hybridized carbons (Fsp3) is 0.222. The molecule has 0 bridgehead atoms. The lowest BCUT2D eigenvalue weighted by Gasteiger charge is -2.08. The van der Waals surface area contributed by atoms with Gasteiger partial charge in [-0.25, -0.2) is 0 Å². The first kappa shape index (κ1) is 12.9. The predicted octanol–water partition coefficient (Wildman–Crippen LogP) is 3.97. The normalized spacial score (nSPS) is 11.1. The van der Waals surface area contributed by atoms with Gasteiger partial charge in [0.15, 0.2) is 0 Å². The quantitative estimate of drug-likeness (QED) is 0.759. The first-order chi connectivity index (χ1) is 9.83. The average Bonchev–Trinajstić information content (AvgIpc) is 2.78. The smallest absolute Gasteiger partial charge is 0.0488 e. The Morgan fingerprint density at radius 3 is 2.40 bits per heavy atom. The van der Waals surface area contributed by atoms with Crippen LogP contribution in [0.4, 0.5) is 0 Å². The van der Waals surface area contributed by atoms with Crippen molar-refractivity contribution in [1.82, 2.24) is 4.57 Å². The zero-order valence-corrected chi connectivity index (χ0v) is 11.8. The molecule has 0 unspecified atom stereocenters. The number of rotatable bonds is 4. The number of para-hydroxylation sites is 1. The van der Waals surface area contributed by atoms with E-state index in [1.165, 1.54) is 27.7 Å². The molecule has 0 aliphatic rings. The molecule has 0 fully saturated rings. The van der Waals surface area contributed by atoms with Crippen LogP contribution < -0.4 is 5.73 Å². The van der Waals surface area contributed by atoms with Crippen molar-refractivity contribution in [2.75, 3.05) is 6.54 Å². The minimum Gasteiger partial charge on any atom is -0.344 e. The van der Waals surface area contributed by atoms with E-state index in [1.54, 1.807) is 0 Å². The fourth-order valence-electron chi connectivity index (χ4n) is 2.94. The van der Waals surface area contributed by atoms with Gasteiger partial charge in [0, 0.05) is 28.7 Å². The number of hydrogen-bond acceptors (Lipinski definition) is 1. The summed E-state index contributed by atoms with van der Waals surface area (Å²) in [6, 6.07) is 19.3. The van der Waals surface area contributed by atoms with Crippen LogP contribution in [0.5, 0.6) is 0 Å². The predicted molar refractivity (Wildman–Crippen MR) is 85.8 cm³/mol. The molecule has 102 valence electrons. The second kappa shape index (κ2) is 5.51. The van der Waals surface area contributed by atoms with Gasteiger partial charge in [0.1, 0.15) is 0 Å². The summed E-state index contributed by atoms with van der Waals surface area (Å²) in [6.45, 7) is 3.92. The highest BCUT2D eigenvalue weighted by Gasteiger charge is 2.14. The maximum atomic E-state index is 5.68. The molecule has 2 heteroatoms. The molecule has 1 aromatic heterocycles. The molecule has 2 N–H and O–H groups in total. The Bertz CT molecular complexity index is 711. The standard InChI is InChI=1S/C18H20N2/c1-14-18(15-8-3-2-4-9-15)16-10-5-6-11-17(16)20(14)13-7-12-19/h2-6,8-11H,7,12-13,19H2,1H3. The third kappa shape index (κ3) is 2.12. The van der Waals surface area contributed by atoms with E-state index in [0.29, 0.717) is 0 Å². The molecule has 0 saturated heterocycles. The molecule has 0 radical (unpaired) electrons. The summed E-state index contributed by atoms with van der Waals surface area (Å²) >= 11 is 0. The molecule has 3 aromatic rings. The summed E-state index contributed by atoms with van der Waals surface area (Å²) in [5, 5.41) is 1.33. The van der Waals surface area contributed by atoms with Gasteiger partial charge in [-0.3, -0.25) is 0 Å². The third-order valence-corrected chi connectivity index (χ3v) is 3.88. The van der Waals surface area contributed by atoms with E-state index >= 15 is 0 Å². The Kier molecular flexibility index (Phi) is 3.57. The van der Waals surface area contributed by atoms with Crippen LogP contribution in [0.3, 0.4) is 0 Å². The minimum absolute atomic E-state index is 0.729. The van der Waals surface area contributed by atoms with Crippen molar-refractivity contribution in [3.05, 3.63) is 60.3 Å². The molecule has 0 aliphatic carbocycles. The van der Waals surface area contributed by atoms with Gasteiger partial charge in [-0.15, -0.1) is 0 Å². The molecular weight excluding hydrogens is 244 g/mol. The molecule has 0 saturated carbocycles. The fourth-order valence-corrected chi connectivity index (χ4v) is 2.94. The van der Waals surface area contributed by atoms with Gasteiger partial charge in [-0.05, 0) is 31.5 Å². The second-order valence-corrected chi connectivity index (χ2v) is 5.14. The van der Waals surface area contributed by atoms with Gasteiger partial charge >= 0.3 is 0 Å². The van der Waals surface area contributed by atoms with Gasteiger partial charge in [0.2, 0.25) is 0 Å². The van der Waals surface area contributed by atoms with Crippen LogP contribution >= 0.6 is 0 Å². The number of aromatic nitrogens is 1. The Balaban J connectivity index is 2.24. The maximum Gasteiger partial charge on any atom is 0.0488 e. The van der Waals surface area contributed by atoms with Gasteiger partial charge in [-0.2, -0.15) is 0 Å². The Hall–Kier alpha value is -2.06.